The summed E-state index contributed by atoms with van der Waals surface area (Å²) in [6.45, 7) is 0. The van der Waals surface area contributed by atoms with Gasteiger partial charge in [0, 0.05) is 69.3 Å². The Bertz CT molecular complexity index is 3100. The Hall–Kier alpha value is -6.28. The number of para-hydroxylation sites is 1. The van der Waals surface area contributed by atoms with Crippen molar-refractivity contribution in [2.24, 2.45) is 0 Å². The van der Waals surface area contributed by atoms with Crippen molar-refractivity contribution in [3.05, 3.63) is 152 Å². The topological polar surface area (TPSA) is 56.5 Å². The first-order valence-electron chi connectivity index (χ1n) is 16.8. The molecule has 0 aliphatic carbocycles. The molecule has 5 aromatic heterocycles. The summed E-state index contributed by atoms with van der Waals surface area (Å²) in [4.78, 5) is 20.3. The Kier molecular flexibility index (Phi) is 6.22. The van der Waals surface area contributed by atoms with Gasteiger partial charge in [-0.25, -0.2) is 19.9 Å². The van der Waals surface area contributed by atoms with Crippen molar-refractivity contribution in [1.82, 2.24) is 24.5 Å². The number of rotatable bonds is 4. The van der Waals surface area contributed by atoms with E-state index < -0.39 is 0 Å². The second kappa shape index (κ2) is 11.1. The van der Waals surface area contributed by atoms with Crippen LogP contribution >= 0.6 is 22.7 Å². The van der Waals surface area contributed by atoms with Crippen LogP contribution in [-0.4, -0.2) is 24.5 Å². The van der Waals surface area contributed by atoms with Crippen LogP contribution in [0.15, 0.2) is 152 Å². The number of thiophene rings is 2. The quantitative estimate of drug-likeness (QED) is 0.185. The molecule has 0 saturated heterocycles. The molecule has 0 atom stereocenters. The minimum Gasteiger partial charge on any atom is -0.292 e. The fourth-order valence-electron chi connectivity index (χ4n) is 7.40. The molecule has 5 nitrogen and oxygen atoms in total. The van der Waals surface area contributed by atoms with E-state index in [2.05, 4.69) is 126 Å². The molecule has 0 bridgehead atoms. The van der Waals surface area contributed by atoms with E-state index in [1.807, 2.05) is 41.8 Å². The molecule has 0 aliphatic rings. The summed E-state index contributed by atoms with van der Waals surface area (Å²) >= 11 is 3.60. The first-order chi connectivity index (χ1) is 25.3. The van der Waals surface area contributed by atoms with E-state index in [4.69, 9.17) is 19.9 Å². The summed E-state index contributed by atoms with van der Waals surface area (Å²) in [6, 6.07) is 51.1. The molecule has 0 aliphatic heterocycles. The number of hydrogen-bond acceptors (Lipinski definition) is 6. The molecule has 11 rings (SSSR count). The zero-order valence-corrected chi connectivity index (χ0v) is 28.6. The Balaban J connectivity index is 1.15. The fourth-order valence-corrected chi connectivity index (χ4v) is 9.80. The van der Waals surface area contributed by atoms with Gasteiger partial charge in [-0.15, -0.1) is 22.7 Å². The van der Waals surface area contributed by atoms with E-state index in [1.54, 1.807) is 11.3 Å². The standard InChI is InChI=1S/C44H25N5S2/c1-2-11-26(12-3-1)41-46-42(27-22-23-38-34(25-27)29-14-5-7-21-37(29)50-38)48-43(47-41)33-17-8-15-30-31-16-9-20-36(40(31)51-39(30)33)49-35-19-6-4-13-28(35)32-18-10-24-45-44(32)49/h1-25H. The highest BCUT2D eigenvalue weighted by Crippen LogP contribution is 2.44. The second-order valence-electron chi connectivity index (χ2n) is 12.6. The second-order valence-corrected chi connectivity index (χ2v) is 14.8. The van der Waals surface area contributed by atoms with Crippen LogP contribution in [0, 0.1) is 0 Å². The molecule has 0 fully saturated rings. The average molecular weight is 688 g/mol. The molecule has 0 radical (unpaired) electrons. The zero-order valence-electron chi connectivity index (χ0n) is 27.0. The van der Waals surface area contributed by atoms with Gasteiger partial charge < -0.3 is 0 Å². The van der Waals surface area contributed by atoms with Crippen molar-refractivity contribution in [2.45, 2.75) is 0 Å². The van der Waals surface area contributed by atoms with E-state index in [0.717, 1.165) is 43.6 Å². The van der Waals surface area contributed by atoms with Crippen LogP contribution in [0.3, 0.4) is 0 Å². The SMILES string of the molecule is c1ccc(-c2nc(-c3ccc4sc5ccccc5c4c3)nc(-c3cccc4c3sc3c(-n5c6ccccc6c6cccnc65)cccc34)n2)cc1. The number of pyridine rings is 1. The molecule has 51 heavy (non-hydrogen) atoms. The molecule has 0 N–H and O–H groups in total. The van der Waals surface area contributed by atoms with E-state index in [9.17, 15) is 0 Å². The molecule has 0 amide bonds. The van der Waals surface area contributed by atoms with Gasteiger partial charge in [0.1, 0.15) is 5.65 Å². The van der Waals surface area contributed by atoms with Gasteiger partial charge in [-0.1, -0.05) is 91.0 Å². The molecule has 5 heterocycles. The Labute approximate surface area is 299 Å². The molecule has 0 saturated carbocycles. The highest BCUT2D eigenvalue weighted by molar-refractivity contribution is 7.27. The molecular formula is C44H25N5S2. The monoisotopic (exact) mass is 687 g/mol. The van der Waals surface area contributed by atoms with Gasteiger partial charge in [-0.2, -0.15) is 0 Å². The highest BCUT2D eigenvalue weighted by atomic mass is 32.1. The lowest BCUT2D eigenvalue weighted by atomic mass is 10.1. The minimum absolute atomic E-state index is 0.654. The maximum atomic E-state index is 5.22. The van der Waals surface area contributed by atoms with Crippen LogP contribution in [0.4, 0.5) is 0 Å². The van der Waals surface area contributed by atoms with Gasteiger partial charge in [0.25, 0.3) is 0 Å². The Morgan fingerprint density at radius 3 is 2.02 bits per heavy atom. The van der Waals surface area contributed by atoms with Crippen molar-refractivity contribution < 1.29 is 0 Å². The fraction of sp³-hybridized carbons (Fsp3) is 0. The van der Waals surface area contributed by atoms with Crippen LogP contribution in [0.5, 0.6) is 0 Å². The highest BCUT2D eigenvalue weighted by Gasteiger charge is 2.20. The van der Waals surface area contributed by atoms with Gasteiger partial charge in [0.15, 0.2) is 17.5 Å². The van der Waals surface area contributed by atoms with Gasteiger partial charge in [0.05, 0.1) is 15.9 Å². The molecule has 7 heteroatoms. The third kappa shape index (κ3) is 4.39. The van der Waals surface area contributed by atoms with Gasteiger partial charge >= 0.3 is 0 Å². The summed E-state index contributed by atoms with van der Waals surface area (Å²) in [5.41, 5.74) is 6.12. The minimum atomic E-state index is 0.654. The van der Waals surface area contributed by atoms with E-state index in [0.29, 0.717) is 17.5 Å². The smallest absolute Gasteiger partial charge is 0.165 e. The van der Waals surface area contributed by atoms with Crippen molar-refractivity contribution in [3.63, 3.8) is 0 Å². The molecule has 238 valence electrons. The molecular weight excluding hydrogens is 663 g/mol. The summed E-state index contributed by atoms with van der Waals surface area (Å²) in [5, 5.41) is 7.18. The van der Waals surface area contributed by atoms with Crippen LogP contribution in [0.25, 0.3) is 102 Å². The normalized spacial score (nSPS) is 11.9. The summed E-state index contributed by atoms with van der Waals surface area (Å²) in [7, 11) is 0. The number of fused-ring (bicyclic) bond motifs is 9. The average Bonchev–Trinajstić information content (AvgIpc) is 3.87. The number of aromatic nitrogens is 5. The third-order valence-electron chi connectivity index (χ3n) is 9.72. The van der Waals surface area contributed by atoms with Crippen molar-refractivity contribution in [1.29, 1.82) is 0 Å². The van der Waals surface area contributed by atoms with Crippen molar-refractivity contribution in [3.8, 4) is 39.9 Å². The van der Waals surface area contributed by atoms with Gasteiger partial charge in [-0.05, 0) is 54.6 Å². The first-order valence-corrected chi connectivity index (χ1v) is 18.4. The number of nitrogens with zero attached hydrogens (tertiary/aromatic N) is 5. The molecule has 0 unspecified atom stereocenters. The summed E-state index contributed by atoms with van der Waals surface area (Å²) < 4.78 is 7.17. The molecule has 11 aromatic rings. The maximum Gasteiger partial charge on any atom is 0.165 e. The lowest BCUT2D eigenvalue weighted by Gasteiger charge is -2.09. The molecule has 0 spiro atoms. The van der Waals surface area contributed by atoms with E-state index in [1.165, 1.54) is 41.0 Å². The van der Waals surface area contributed by atoms with E-state index >= 15 is 0 Å². The van der Waals surface area contributed by atoms with Crippen LogP contribution < -0.4 is 0 Å². The first kappa shape index (κ1) is 28.5. The van der Waals surface area contributed by atoms with Crippen LogP contribution in [0.2, 0.25) is 0 Å². The lowest BCUT2D eigenvalue weighted by molar-refractivity contribution is 1.08. The number of hydrogen-bond donors (Lipinski definition) is 0. The van der Waals surface area contributed by atoms with Crippen molar-refractivity contribution >= 4 is 85.0 Å². The van der Waals surface area contributed by atoms with Crippen molar-refractivity contribution in [2.75, 3.05) is 0 Å². The number of benzene rings is 6. The predicted octanol–water partition coefficient (Wildman–Crippen LogP) is 12.1. The summed E-state index contributed by atoms with van der Waals surface area (Å²) in [5.74, 6) is 1.97. The Morgan fingerprint density at radius 1 is 0.431 bits per heavy atom. The van der Waals surface area contributed by atoms with Gasteiger partial charge in [0.2, 0.25) is 0 Å². The lowest BCUT2D eigenvalue weighted by Crippen LogP contribution is -2.00. The predicted molar refractivity (Wildman–Crippen MR) is 214 cm³/mol. The van der Waals surface area contributed by atoms with E-state index in [-0.39, 0.29) is 0 Å². The Morgan fingerprint density at radius 2 is 1.12 bits per heavy atom. The van der Waals surface area contributed by atoms with Gasteiger partial charge in [-0.3, -0.25) is 4.57 Å². The largest absolute Gasteiger partial charge is 0.292 e. The maximum absolute atomic E-state index is 5.22. The third-order valence-corrected chi connectivity index (χ3v) is 12.2. The molecule has 6 aromatic carbocycles. The zero-order chi connectivity index (χ0) is 33.5. The summed E-state index contributed by atoms with van der Waals surface area (Å²) in [6.07, 6.45) is 1.88. The van der Waals surface area contributed by atoms with Crippen LogP contribution in [0.1, 0.15) is 0 Å². The van der Waals surface area contributed by atoms with Crippen LogP contribution in [-0.2, 0) is 0 Å².